The fourth-order valence-electron chi connectivity index (χ4n) is 2.45. The van der Waals surface area contributed by atoms with Crippen LogP contribution >= 0.6 is 34.0 Å². The Kier molecular flexibility index (Phi) is 4.97. The van der Waals surface area contributed by atoms with Crippen LogP contribution in [0, 0.1) is 13.8 Å². The first-order valence-electron chi connectivity index (χ1n) is 8.16. The summed E-state index contributed by atoms with van der Waals surface area (Å²) in [6.45, 7) is 4.19. The summed E-state index contributed by atoms with van der Waals surface area (Å²) in [6, 6.07) is 16.6. The zero-order valence-electron chi connectivity index (χ0n) is 14.4. The zero-order chi connectivity index (χ0) is 17.9. The van der Waals surface area contributed by atoms with E-state index < -0.39 is 0 Å². The highest BCUT2D eigenvalue weighted by Gasteiger charge is 2.08. The van der Waals surface area contributed by atoms with Crippen LogP contribution in [0.25, 0.3) is 10.6 Å². The van der Waals surface area contributed by atoms with Gasteiger partial charge in [-0.25, -0.2) is 9.67 Å². The Morgan fingerprint density at radius 3 is 2.50 bits per heavy atom. The van der Waals surface area contributed by atoms with Crippen LogP contribution in [0.2, 0.25) is 0 Å². The van der Waals surface area contributed by atoms with E-state index in [9.17, 15) is 0 Å². The molecule has 0 fully saturated rings. The molecule has 0 spiro atoms. The van der Waals surface area contributed by atoms with E-state index in [0.29, 0.717) is 0 Å². The lowest BCUT2D eigenvalue weighted by molar-refractivity contribution is 0.857. The van der Waals surface area contributed by atoms with Crippen LogP contribution in [0.4, 0.5) is 5.69 Å². The molecule has 0 N–H and O–H groups in total. The van der Waals surface area contributed by atoms with Gasteiger partial charge in [0, 0.05) is 15.1 Å². The molecule has 3 aromatic heterocycles. The third-order valence-corrected chi connectivity index (χ3v) is 6.42. The highest BCUT2D eigenvalue weighted by Crippen LogP contribution is 2.25. The molecule has 0 amide bonds. The number of nitrogens with zero attached hydrogens (tertiary/aromatic N) is 3. The average molecular weight is 396 g/mol. The lowest BCUT2D eigenvalue weighted by atomic mass is 10.2. The second-order valence-electron chi connectivity index (χ2n) is 5.83. The van der Waals surface area contributed by atoms with Gasteiger partial charge in [-0.15, -0.1) is 34.0 Å². The van der Waals surface area contributed by atoms with Crippen LogP contribution in [0.1, 0.15) is 15.3 Å². The Morgan fingerprint density at radius 2 is 1.81 bits per heavy atom. The van der Waals surface area contributed by atoms with Crippen LogP contribution in [-0.2, 0) is 0 Å². The maximum atomic E-state index is 4.81. The highest BCUT2D eigenvalue weighted by atomic mass is 32.1. The summed E-state index contributed by atoms with van der Waals surface area (Å²) in [4.78, 5) is 9.28. The number of thiazole rings is 1. The smallest absolute Gasteiger partial charge is 0.211 e. The van der Waals surface area contributed by atoms with Crippen LogP contribution in [0.3, 0.4) is 0 Å². The van der Waals surface area contributed by atoms with E-state index >= 15 is 0 Å². The minimum atomic E-state index is 0.863. The van der Waals surface area contributed by atoms with Gasteiger partial charge in [-0.3, -0.25) is 0 Å². The monoisotopic (exact) mass is 395 g/mol. The molecular weight excluding hydrogens is 378 g/mol. The zero-order valence-corrected chi connectivity index (χ0v) is 16.9. The Balaban J connectivity index is 1.81. The quantitative estimate of drug-likeness (QED) is 0.375. The van der Waals surface area contributed by atoms with Gasteiger partial charge in [-0.1, -0.05) is 23.8 Å². The van der Waals surface area contributed by atoms with Crippen molar-refractivity contribution in [1.29, 1.82) is 0 Å². The van der Waals surface area contributed by atoms with Crippen LogP contribution in [0.5, 0.6) is 0 Å². The largest absolute Gasteiger partial charge is 0.220 e. The minimum Gasteiger partial charge on any atom is -0.220 e. The summed E-state index contributed by atoms with van der Waals surface area (Å²) < 4.78 is 1.94. The average Bonchev–Trinajstić information content (AvgIpc) is 3.36. The van der Waals surface area contributed by atoms with Gasteiger partial charge in [-0.05, 0) is 49.6 Å². The summed E-state index contributed by atoms with van der Waals surface area (Å²) in [5.74, 6) is 0. The summed E-state index contributed by atoms with van der Waals surface area (Å²) in [6.07, 6.45) is 1.91. The molecule has 0 saturated carbocycles. The Morgan fingerprint density at radius 1 is 0.962 bits per heavy atom. The summed E-state index contributed by atoms with van der Waals surface area (Å²) in [5, 5.41) is 8.95. The van der Waals surface area contributed by atoms with E-state index in [1.54, 1.807) is 34.0 Å². The molecule has 0 bridgehead atoms. The number of hydrogen-bond acceptors (Lipinski definition) is 5. The van der Waals surface area contributed by atoms with Crippen molar-refractivity contribution >= 4 is 45.9 Å². The van der Waals surface area contributed by atoms with E-state index in [0.717, 1.165) is 21.1 Å². The third-order valence-electron chi connectivity index (χ3n) is 3.78. The lowest BCUT2D eigenvalue weighted by Crippen LogP contribution is -2.11. The van der Waals surface area contributed by atoms with Crippen molar-refractivity contribution in [3.05, 3.63) is 79.4 Å². The summed E-state index contributed by atoms with van der Waals surface area (Å²) in [5.41, 5.74) is 3.24. The van der Waals surface area contributed by atoms with Crippen molar-refractivity contribution in [2.75, 3.05) is 0 Å². The van der Waals surface area contributed by atoms with Crippen molar-refractivity contribution in [2.45, 2.75) is 13.8 Å². The van der Waals surface area contributed by atoms with E-state index in [2.05, 4.69) is 61.0 Å². The summed E-state index contributed by atoms with van der Waals surface area (Å²) >= 11 is 5.05. The van der Waals surface area contributed by atoms with Crippen LogP contribution in [-0.4, -0.2) is 10.9 Å². The molecular formula is C20H17N3S3. The third kappa shape index (κ3) is 3.77. The second-order valence-corrected chi connectivity index (χ2v) is 8.94. The molecule has 0 radical (unpaired) electrons. The minimum absolute atomic E-state index is 0.863. The Labute approximate surface area is 164 Å². The van der Waals surface area contributed by atoms with E-state index in [1.807, 2.05) is 23.0 Å². The van der Waals surface area contributed by atoms with E-state index in [1.165, 1.54) is 15.3 Å². The molecule has 3 heterocycles. The molecule has 130 valence electrons. The van der Waals surface area contributed by atoms with Crippen molar-refractivity contribution in [2.24, 2.45) is 10.1 Å². The van der Waals surface area contributed by atoms with Crippen molar-refractivity contribution in [3.63, 3.8) is 0 Å². The number of thiophene rings is 2. The first-order chi connectivity index (χ1) is 12.7. The lowest BCUT2D eigenvalue weighted by Gasteiger charge is -2.00. The van der Waals surface area contributed by atoms with Gasteiger partial charge in [0.1, 0.15) is 0 Å². The first kappa shape index (κ1) is 17.1. The number of aryl methyl sites for hydroxylation is 2. The molecule has 0 unspecified atom stereocenters. The molecule has 4 rings (SSSR count). The van der Waals surface area contributed by atoms with Gasteiger partial charge >= 0.3 is 0 Å². The second kappa shape index (κ2) is 7.53. The van der Waals surface area contributed by atoms with Crippen molar-refractivity contribution in [1.82, 2.24) is 4.68 Å². The molecule has 0 aliphatic carbocycles. The van der Waals surface area contributed by atoms with Crippen molar-refractivity contribution < 1.29 is 0 Å². The SMILES string of the molecule is Cc1ccc(N=c2scc(-c3cccs3)n2N=Cc2ccc(C)s2)cc1. The maximum absolute atomic E-state index is 4.81. The topological polar surface area (TPSA) is 29.6 Å². The number of benzene rings is 1. The van der Waals surface area contributed by atoms with Gasteiger partial charge in [0.25, 0.3) is 0 Å². The van der Waals surface area contributed by atoms with Gasteiger partial charge in [0.05, 0.1) is 22.5 Å². The molecule has 0 saturated heterocycles. The number of rotatable bonds is 4. The number of hydrogen-bond donors (Lipinski definition) is 0. The van der Waals surface area contributed by atoms with Gasteiger partial charge in [0.2, 0.25) is 4.80 Å². The fourth-order valence-corrected chi connectivity index (χ4v) is 4.84. The van der Waals surface area contributed by atoms with Crippen LogP contribution in [0.15, 0.2) is 69.4 Å². The molecule has 3 nitrogen and oxygen atoms in total. The van der Waals surface area contributed by atoms with Gasteiger partial charge < -0.3 is 0 Å². The Hall–Kier alpha value is -2.28. The predicted octanol–water partition coefficient (Wildman–Crippen LogP) is 6.07. The van der Waals surface area contributed by atoms with Crippen molar-refractivity contribution in [3.8, 4) is 10.6 Å². The van der Waals surface area contributed by atoms with E-state index in [-0.39, 0.29) is 0 Å². The first-order valence-corrected chi connectivity index (χ1v) is 10.7. The Bertz CT molecular complexity index is 1090. The molecule has 0 aliphatic heterocycles. The number of aromatic nitrogens is 1. The molecule has 6 heteroatoms. The molecule has 0 atom stereocenters. The molecule has 0 aliphatic rings. The standard InChI is InChI=1S/C20H17N3S3/c1-14-5-8-16(9-6-14)22-20-23(21-12-17-10-7-15(2)26-17)18(13-25-20)19-4-3-11-24-19/h3-13H,1-2H3. The maximum Gasteiger partial charge on any atom is 0.211 e. The van der Waals surface area contributed by atoms with Crippen LogP contribution < -0.4 is 4.80 Å². The van der Waals surface area contributed by atoms with Gasteiger partial charge in [-0.2, -0.15) is 5.10 Å². The highest BCUT2D eigenvalue weighted by molar-refractivity contribution is 7.14. The van der Waals surface area contributed by atoms with Gasteiger partial charge in [0.15, 0.2) is 0 Å². The predicted molar refractivity (Wildman–Crippen MR) is 114 cm³/mol. The fraction of sp³-hybridized carbons (Fsp3) is 0.100. The van der Waals surface area contributed by atoms with E-state index in [4.69, 9.17) is 10.1 Å². The molecule has 4 aromatic rings. The molecule has 1 aromatic carbocycles. The summed E-state index contributed by atoms with van der Waals surface area (Å²) in [7, 11) is 0. The normalized spacial score (nSPS) is 12.3. The molecule has 26 heavy (non-hydrogen) atoms.